The summed E-state index contributed by atoms with van der Waals surface area (Å²) in [7, 11) is 4.02. The second kappa shape index (κ2) is 8.13. The van der Waals surface area contributed by atoms with Crippen molar-refractivity contribution in [1.82, 2.24) is 15.2 Å². The van der Waals surface area contributed by atoms with Crippen molar-refractivity contribution in [2.75, 3.05) is 27.2 Å². The van der Waals surface area contributed by atoms with Crippen LogP contribution in [-0.2, 0) is 11.2 Å². The summed E-state index contributed by atoms with van der Waals surface area (Å²) >= 11 is 6.15. The van der Waals surface area contributed by atoms with E-state index in [4.69, 9.17) is 16.0 Å². The van der Waals surface area contributed by atoms with Crippen LogP contribution in [0.3, 0.4) is 0 Å². The quantitative estimate of drug-likeness (QED) is 0.790. The number of oxazole rings is 1. The van der Waals surface area contributed by atoms with E-state index in [0.29, 0.717) is 28.9 Å². The maximum atomic E-state index is 12.0. The van der Waals surface area contributed by atoms with E-state index in [9.17, 15) is 4.79 Å². The second-order valence-corrected chi connectivity index (χ2v) is 6.09. The van der Waals surface area contributed by atoms with Gasteiger partial charge in [-0.05, 0) is 46.1 Å². The topological polar surface area (TPSA) is 58.4 Å². The second-order valence-electron chi connectivity index (χ2n) is 5.69. The maximum Gasteiger partial charge on any atom is 0.228 e. The van der Waals surface area contributed by atoms with Gasteiger partial charge in [0.25, 0.3) is 0 Å². The van der Waals surface area contributed by atoms with Gasteiger partial charge < -0.3 is 14.6 Å². The fourth-order valence-electron chi connectivity index (χ4n) is 2.18. The van der Waals surface area contributed by atoms with Gasteiger partial charge in [-0.3, -0.25) is 4.79 Å². The SMILES string of the molecule is Cc1oc(-c2ccccc2Cl)nc1CC(=O)NCCCN(C)C. The van der Waals surface area contributed by atoms with Gasteiger partial charge in [-0.2, -0.15) is 0 Å². The first-order valence-electron chi connectivity index (χ1n) is 7.60. The van der Waals surface area contributed by atoms with Gasteiger partial charge in [-0.15, -0.1) is 0 Å². The van der Waals surface area contributed by atoms with Crippen molar-refractivity contribution in [3.63, 3.8) is 0 Å². The van der Waals surface area contributed by atoms with Crippen molar-refractivity contribution in [3.8, 4) is 11.5 Å². The lowest BCUT2D eigenvalue weighted by molar-refractivity contribution is -0.120. The molecule has 1 aromatic heterocycles. The van der Waals surface area contributed by atoms with Gasteiger partial charge in [0.1, 0.15) is 5.76 Å². The Morgan fingerprint density at radius 3 is 2.78 bits per heavy atom. The third-order valence-corrected chi connectivity index (χ3v) is 3.76. The number of carbonyl (C=O) groups excluding carboxylic acids is 1. The molecule has 1 heterocycles. The van der Waals surface area contributed by atoms with Crippen LogP contribution in [0.2, 0.25) is 5.02 Å². The molecule has 0 fully saturated rings. The number of nitrogens with zero attached hydrogens (tertiary/aromatic N) is 2. The summed E-state index contributed by atoms with van der Waals surface area (Å²) in [5, 5.41) is 3.48. The number of carbonyl (C=O) groups is 1. The molecule has 1 N–H and O–H groups in total. The van der Waals surface area contributed by atoms with E-state index in [1.165, 1.54) is 0 Å². The van der Waals surface area contributed by atoms with Crippen molar-refractivity contribution in [1.29, 1.82) is 0 Å². The molecular weight excluding hydrogens is 314 g/mol. The summed E-state index contributed by atoms with van der Waals surface area (Å²) in [6.07, 6.45) is 1.13. The molecule has 0 unspecified atom stereocenters. The number of hydrogen-bond donors (Lipinski definition) is 1. The average molecular weight is 336 g/mol. The van der Waals surface area contributed by atoms with Crippen LogP contribution < -0.4 is 5.32 Å². The van der Waals surface area contributed by atoms with Crippen LogP contribution in [-0.4, -0.2) is 43.0 Å². The summed E-state index contributed by atoms with van der Waals surface area (Å²) in [4.78, 5) is 18.5. The lowest BCUT2D eigenvalue weighted by atomic mass is 10.2. The number of amides is 1. The predicted octanol–water partition coefficient (Wildman–Crippen LogP) is 2.91. The van der Waals surface area contributed by atoms with Crippen LogP contribution in [0.1, 0.15) is 17.9 Å². The van der Waals surface area contributed by atoms with Crippen molar-refractivity contribution in [3.05, 3.63) is 40.7 Å². The summed E-state index contributed by atoms with van der Waals surface area (Å²) in [5.74, 6) is 1.04. The van der Waals surface area contributed by atoms with E-state index in [2.05, 4.69) is 15.2 Å². The molecule has 0 atom stereocenters. The third-order valence-electron chi connectivity index (χ3n) is 3.43. The predicted molar refractivity (Wildman–Crippen MR) is 91.6 cm³/mol. The van der Waals surface area contributed by atoms with E-state index >= 15 is 0 Å². The summed E-state index contributed by atoms with van der Waals surface area (Å²) < 4.78 is 5.66. The molecule has 5 nitrogen and oxygen atoms in total. The van der Waals surface area contributed by atoms with Gasteiger partial charge in [0.2, 0.25) is 11.8 Å². The highest BCUT2D eigenvalue weighted by atomic mass is 35.5. The van der Waals surface area contributed by atoms with Gasteiger partial charge in [-0.1, -0.05) is 23.7 Å². The van der Waals surface area contributed by atoms with Crippen molar-refractivity contribution in [2.24, 2.45) is 0 Å². The maximum absolute atomic E-state index is 12.0. The molecule has 0 aliphatic carbocycles. The zero-order valence-electron chi connectivity index (χ0n) is 13.7. The Morgan fingerprint density at radius 1 is 1.35 bits per heavy atom. The zero-order valence-corrected chi connectivity index (χ0v) is 14.5. The van der Waals surface area contributed by atoms with Gasteiger partial charge >= 0.3 is 0 Å². The fraction of sp³-hybridized carbons (Fsp3) is 0.412. The number of hydrogen-bond acceptors (Lipinski definition) is 4. The monoisotopic (exact) mass is 335 g/mol. The molecule has 2 aromatic rings. The minimum atomic E-state index is -0.0501. The first-order chi connectivity index (χ1) is 11.0. The van der Waals surface area contributed by atoms with Gasteiger partial charge in [-0.25, -0.2) is 4.98 Å². The molecular formula is C17H22ClN3O2. The Balaban J connectivity index is 1.96. The zero-order chi connectivity index (χ0) is 16.8. The van der Waals surface area contributed by atoms with Crippen molar-refractivity contribution < 1.29 is 9.21 Å². The molecule has 1 aromatic carbocycles. The highest BCUT2D eigenvalue weighted by Crippen LogP contribution is 2.28. The van der Waals surface area contributed by atoms with Gasteiger partial charge in [0.15, 0.2) is 0 Å². The number of halogens is 1. The molecule has 23 heavy (non-hydrogen) atoms. The molecule has 0 radical (unpaired) electrons. The minimum absolute atomic E-state index is 0.0501. The lowest BCUT2D eigenvalue weighted by Gasteiger charge is -2.09. The minimum Gasteiger partial charge on any atom is -0.441 e. The highest BCUT2D eigenvalue weighted by molar-refractivity contribution is 6.33. The van der Waals surface area contributed by atoms with Gasteiger partial charge in [0.05, 0.1) is 22.7 Å². The molecule has 6 heteroatoms. The standard InChI is InChI=1S/C17H22ClN3O2/c1-12-15(11-16(22)19-9-6-10-21(2)3)20-17(23-12)13-7-4-5-8-14(13)18/h4-5,7-8H,6,9-11H2,1-3H3,(H,19,22). The number of benzene rings is 1. The van der Waals surface area contributed by atoms with E-state index in [1.54, 1.807) is 6.07 Å². The molecule has 0 bridgehead atoms. The van der Waals surface area contributed by atoms with E-state index in [1.807, 2.05) is 39.2 Å². The lowest BCUT2D eigenvalue weighted by Crippen LogP contribution is -2.28. The van der Waals surface area contributed by atoms with E-state index in [0.717, 1.165) is 18.5 Å². The Labute approximate surface area is 141 Å². The molecule has 0 spiro atoms. The first-order valence-corrected chi connectivity index (χ1v) is 7.98. The van der Waals surface area contributed by atoms with Crippen LogP contribution >= 0.6 is 11.6 Å². The number of rotatable bonds is 7. The molecule has 124 valence electrons. The molecule has 2 rings (SSSR count). The molecule has 1 amide bonds. The molecule has 0 saturated heterocycles. The summed E-state index contributed by atoms with van der Waals surface area (Å²) in [6, 6.07) is 7.36. The Kier molecular flexibility index (Phi) is 6.19. The Bertz CT molecular complexity index is 668. The Hall–Kier alpha value is -1.85. The van der Waals surface area contributed by atoms with Crippen LogP contribution in [0.4, 0.5) is 0 Å². The van der Waals surface area contributed by atoms with Crippen LogP contribution in [0, 0.1) is 6.92 Å². The number of nitrogens with one attached hydrogen (secondary N) is 1. The highest BCUT2D eigenvalue weighted by Gasteiger charge is 2.16. The molecule has 0 aliphatic rings. The van der Waals surface area contributed by atoms with E-state index in [-0.39, 0.29) is 12.3 Å². The Morgan fingerprint density at radius 2 is 2.09 bits per heavy atom. The van der Waals surface area contributed by atoms with Gasteiger partial charge in [0, 0.05) is 6.54 Å². The number of aromatic nitrogens is 1. The summed E-state index contributed by atoms with van der Waals surface area (Å²) in [6.45, 7) is 3.41. The first kappa shape index (κ1) is 17.5. The normalized spacial score (nSPS) is 11.0. The third kappa shape index (κ3) is 5.08. The summed E-state index contributed by atoms with van der Waals surface area (Å²) in [5.41, 5.74) is 1.37. The number of aryl methyl sites for hydroxylation is 1. The van der Waals surface area contributed by atoms with Crippen LogP contribution in [0.25, 0.3) is 11.5 Å². The molecule has 0 aliphatic heterocycles. The van der Waals surface area contributed by atoms with E-state index < -0.39 is 0 Å². The fourth-order valence-corrected chi connectivity index (χ4v) is 2.40. The van der Waals surface area contributed by atoms with Crippen LogP contribution in [0.15, 0.2) is 28.7 Å². The van der Waals surface area contributed by atoms with Crippen molar-refractivity contribution in [2.45, 2.75) is 19.8 Å². The smallest absolute Gasteiger partial charge is 0.228 e. The average Bonchev–Trinajstić information content (AvgIpc) is 2.85. The molecule has 0 saturated carbocycles. The van der Waals surface area contributed by atoms with Crippen LogP contribution in [0.5, 0.6) is 0 Å². The largest absolute Gasteiger partial charge is 0.441 e. The van der Waals surface area contributed by atoms with Crippen molar-refractivity contribution >= 4 is 17.5 Å².